The van der Waals surface area contributed by atoms with E-state index in [1.54, 1.807) is 11.3 Å². The highest BCUT2D eigenvalue weighted by Gasteiger charge is 2.13. The number of nitrogens with two attached hydrogens (primary N) is 1. The Morgan fingerprint density at radius 3 is 2.56 bits per heavy atom. The molecule has 3 N–H and O–H groups in total. The maximum atomic E-state index is 10.7. The molecule has 94 valence electrons. The smallest absolute Gasteiger partial charge is 0.320 e. The van der Waals surface area contributed by atoms with E-state index in [-0.39, 0.29) is 0 Å². The van der Waals surface area contributed by atoms with Gasteiger partial charge in [0, 0.05) is 20.6 Å². The summed E-state index contributed by atoms with van der Waals surface area (Å²) >= 11 is 4.97. The molecule has 0 bridgehead atoms. The van der Waals surface area contributed by atoms with Crippen LogP contribution in [0.5, 0.6) is 0 Å². The van der Waals surface area contributed by atoms with Gasteiger partial charge in [-0.05, 0) is 29.8 Å². The van der Waals surface area contributed by atoms with Crippen molar-refractivity contribution in [3.63, 3.8) is 0 Å². The summed E-state index contributed by atoms with van der Waals surface area (Å²) in [5, 5.41) is 8.77. The quantitative estimate of drug-likeness (QED) is 0.907. The third-order valence-corrected chi connectivity index (χ3v) is 4.21. The standard InChI is InChI=1S/C13H12BrNO2S/c14-9-3-1-8(2-4-9)12-6-5-10(18-12)7-11(15)13(16)17/h1-6,11H,7,15H2,(H,16,17). The second kappa shape index (κ2) is 5.65. The third-order valence-electron chi connectivity index (χ3n) is 2.53. The van der Waals surface area contributed by atoms with Crippen molar-refractivity contribution in [3.8, 4) is 10.4 Å². The van der Waals surface area contributed by atoms with Gasteiger partial charge >= 0.3 is 5.97 Å². The molecule has 2 aromatic rings. The van der Waals surface area contributed by atoms with Gasteiger partial charge in [-0.15, -0.1) is 11.3 Å². The lowest BCUT2D eigenvalue weighted by Crippen LogP contribution is -2.31. The van der Waals surface area contributed by atoms with E-state index in [0.717, 1.165) is 19.8 Å². The highest BCUT2D eigenvalue weighted by Crippen LogP contribution is 2.29. The molecule has 0 saturated heterocycles. The van der Waals surface area contributed by atoms with Crippen LogP contribution in [0, 0.1) is 0 Å². The van der Waals surface area contributed by atoms with Crippen molar-refractivity contribution in [2.45, 2.75) is 12.5 Å². The maximum Gasteiger partial charge on any atom is 0.320 e. The highest BCUT2D eigenvalue weighted by atomic mass is 79.9. The largest absolute Gasteiger partial charge is 0.480 e. The molecule has 0 aliphatic rings. The number of carbonyl (C=O) groups is 1. The van der Waals surface area contributed by atoms with Crippen molar-refractivity contribution in [2.75, 3.05) is 0 Å². The van der Waals surface area contributed by atoms with Crippen LogP contribution in [0.15, 0.2) is 40.9 Å². The first-order chi connectivity index (χ1) is 8.56. The lowest BCUT2D eigenvalue weighted by atomic mass is 10.2. The van der Waals surface area contributed by atoms with Gasteiger partial charge in [0.15, 0.2) is 0 Å². The van der Waals surface area contributed by atoms with E-state index in [1.165, 1.54) is 0 Å². The van der Waals surface area contributed by atoms with Crippen LogP contribution < -0.4 is 5.73 Å². The van der Waals surface area contributed by atoms with Gasteiger partial charge in [0.2, 0.25) is 0 Å². The second-order valence-electron chi connectivity index (χ2n) is 3.92. The van der Waals surface area contributed by atoms with Crippen LogP contribution in [0.3, 0.4) is 0 Å². The molecule has 2 rings (SSSR count). The topological polar surface area (TPSA) is 63.3 Å². The molecule has 18 heavy (non-hydrogen) atoms. The van der Waals surface area contributed by atoms with E-state index < -0.39 is 12.0 Å². The van der Waals surface area contributed by atoms with Gasteiger partial charge in [0.25, 0.3) is 0 Å². The summed E-state index contributed by atoms with van der Waals surface area (Å²) in [6.45, 7) is 0. The summed E-state index contributed by atoms with van der Waals surface area (Å²) in [6.07, 6.45) is 0.372. The van der Waals surface area contributed by atoms with Crippen LogP contribution in [0.25, 0.3) is 10.4 Å². The Bertz CT molecular complexity index is 550. The van der Waals surface area contributed by atoms with Gasteiger partial charge in [-0.25, -0.2) is 0 Å². The summed E-state index contributed by atoms with van der Waals surface area (Å²) in [4.78, 5) is 12.8. The number of hydrogen-bond donors (Lipinski definition) is 2. The van der Waals surface area contributed by atoms with Crippen molar-refractivity contribution < 1.29 is 9.90 Å². The summed E-state index contributed by atoms with van der Waals surface area (Å²) in [5.74, 6) is -0.964. The first-order valence-electron chi connectivity index (χ1n) is 5.39. The fourth-order valence-corrected chi connectivity index (χ4v) is 2.90. The van der Waals surface area contributed by atoms with Crippen LogP contribution in [0.1, 0.15) is 4.88 Å². The molecular formula is C13H12BrNO2S. The van der Waals surface area contributed by atoms with Crippen molar-refractivity contribution in [3.05, 3.63) is 45.7 Å². The average Bonchev–Trinajstić information content (AvgIpc) is 2.78. The van der Waals surface area contributed by atoms with E-state index in [0.29, 0.717) is 6.42 Å². The van der Waals surface area contributed by atoms with E-state index in [4.69, 9.17) is 10.8 Å². The van der Waals surface area contributed by atoms with Gasteiger partial charge in [-0.3, -0.25) is 4.79 Å². The number of halogens is 1. The number of carboxylic acid groups (broad SMARTS) is 1. The monoisotopic (exact) mass is 325 g/mol. The minimum absolute atomic E-state index is 0.372. The van der Waals surface area contributed by atoms with E-state index in [2.05, 4.69) is 15.9 Å². The SMILES string of the molecule is NC(Cc1ccc(-c2ccc(Br)cc2)s1)C(=O)O. The predicted molar refractivity (Wildman–Crippen MR) is 76.8 cm³/mol. The molecule has 0 aliphatic heterocycles. The van der Waals surface area contributed by atoms with E-state index in [1.807, 2.05) is 36.4 Å². The van der Waals surface area contributed by atoms with Gasteiger partial charge in [0.1, 0.15) is 6.04 Å². The third kappa shape index (κ3) is 3.19. The molecule has 1 atom stereocenters. The number of carboxylic acids is 1. The van der Waals surface area contributed by atoms with Crippen molar-refractivity contribution in [1.29, 1.82) is 0 Å². The lowest BCUT2D eigenvalue weighted by molar-refractivity contribution is -0.138. The Hall–Kier alpha value is -1.17. The minimum atomic E-state index is -0.964. The molecule has 3 nitrogen and oxygen atoms in total. The summed E-state index contributed by atoms with van der Waals surface area (Å²) in [6, 6.07) is 11.1. The molecule has 0 saturated carbocycles. The Labute approximate surface area is 117 Å². The maximum absolute atomic E-state index is 10.7. The number of aliphatic carboxylic acids is 1. The number of hydrogen-bond acceptors (Lipinski definition) is 3. The fraction of sp³-hybridized carbons (Fsp3) is 0.154. The average molecular weight is 326 g/mol. The Morgan fingerprint density at radius 2 is 1.94 bits per heavy atom. The highest BCUT2D eigenvalue weighted by molar-refractivity contribution is 9.10. The fourth-order valence-electron chi connectivity index (χ4n) is 1.56. The Morgan fingerprint density at radius 1 is 1.28 bits per heavy atom. The molecule has 5 heteroatoms. The second-order valence-corrected chi connectivity index (χ2v) is 6.01. The molecule has 1 heterocycles. The van der Waals surface area contributed by atoms with Gasteiger partial charge in [-0.2, -0.15) is 0 Å². The van der Waals surface area contributed by atoms with Crippen LogP contribution >= 0.6 is 27.3 Å². The zero-order valence-corrected chi connectivity index (χ0v) is 11.9. The first kappa shape index (κ1) is 13.3. The molecule has 0 fully saturated rings. The van der Waals surface area contributed by atoms with Crippen LogP contribution in [-0.4, -0.2) is 17.1 Å². The summed E-state index contributed by atoms with van der Waals surface area (Å²) in [5.41, 5.74) is 6.64. The predicted octanol–water partition coefficient (Wildman–Crippen LogP) is 3.13. The van der Waals surface area contributed by atoms with Crippen molar-refractivity contribution in [1.82, 2.24) is 0 Å². The number of thiophene rings is 1. The Balaban J connectivity index is 2.15. The Kier molecular flexibility index (Phi) is 4.16. The molecule has 0 radical (unpaired) electrons. The number of benzene rings is 1. The van der Waals surface area contributed by atoms with Crippen molar-refractivity contribution >= 4 is 33.2 Å². The normalized spacial score (nSPS) is 12.3. The van der Waals surface area contributed by atoms with Crippen molar-refractivity contribution in [2.24, 2.45) is 5.73 Å². The van der Waals surface area contributed by atoms with Crippen LogP contribution in [0.2, 0.25) is 0 Å². The first-order valence-corrected chi connectivity index (χ1v) is 7.00. The van der Waals surface area contributed by atoms with Gasteiger partial charge < -0.3 is 10.8 Å². The molecule has 1 unspecified atom stereocenters. The number of rotatable bonds is 4. The van der Waals surface area contributed by atoms with E-state index in [9.17, 15) is 4.79 Å². The molecule has 1 aromatic heterocycles. The lowest BCUT2D eigenvalue weighted by Gasteiger charge is -2.03. The molecule has 0 spiro atoms. The summed E-state index contributed by atoms with van der Waals surface area (Å²) < 4.78 is 1.04. The molecule has 0 amide bonds. The van der Waals surface area contributed by atoms with Crippen LogP contribution in [0.4, 0.5) is 0 Å². The van der Waals surface area contributed by atoms with Gasteiger partial charge in [-0.1, -0.05) is 28.1 Å². The zero-order valence-electron chi connectivity index (χ0n) is 9.47. The molecular weight excluding hydrogens is 314 g/mol. The molecule has 1 aromatic carbocycles. The van der Waals surface area contributed by atoms with Crippen LogP contribution in [-0.2, 0) is 11.2 Å². The zero-order chi connectivity index (χ0) is 13.1. The molecule has 0 aliphatic carbocycles. The summed E-state index contributed by atoms with van der Waals surface area (Å²) in [7, 11) is 0. The van der Waals surface area contributed by atoms with E-state index >= 15 is 0 Å². The minimum Gasteiger partial charge on any atom is -0.480 e. The van der Waals surface area contributed by atoms with Gasteiger partial charge in [0.05, 0.1) is 0 Å².